The Morgan fingerprint density at radius 3 is 2.56 bits per heavy atom. The van der Waals surface area contributed by atoms with Crippen LogP contribution in [-0.2, 0) is 16.0 Å². The number of esters is 1. The fourth-order valence-corrected chi connectivity index (χ4v) is 5.34. The molecule has 1 saturated heterocycles. The highest BCUT2D eigenvalue weighted by atomic mass is 16.5. The Kier molecular flexibility index (Phi) is 7.51. The number of anilines is 2. The van der Waals surface area contributed by atoms with E-state index in [4.69, 9.17) is 14.5 Å². The topological polar surface area (TPSA) is 94.5 Å². The molecule has 5 rings (SSSR count). The summed E-state index contributed by atoms with van der Waals surface area (Å²) in [4.78, 5) is 31.0. The van der Waals surface area contributed by atoms with Crippen LogP contribution in [0, 0.1) is 0 Å². The summed E-state index contributed by atoms with van der Waals surface area (Å²) in [5.41, 5.74) is 2.72. The summed E-state index contributed by atoms with van der Waals surface area (Å²) in [6, 6.07) is 11.4. The van der Waals surface area contributed by atoms with E-state index in [0.29, 0.717) is 41.5 Å². The molecule has 1 aromatic carbocycles. The first-order valence-electron chi connectivity index (χ1n) is 13.0. The van der Waals surface area contributed by atoms with Gasteiger partial charge >= 0.3 is 5.97 Å². The molecule has 0 radical (unpaired) electrons. The van der Waals surface area contributed by atoms with Crippen LogP contribution in [0.15, 0.2) is 42.6 Å². The van der Waals surface area contributed by atoms with Crippen molar-refractivity contribution in [2.24, 2.45) is 0 Å². The Labute approximate surface area is 211 Å². The summed E-state index contributed by atoms with van der Waals surface area (Å²) in [7, 11) is 1.35. The van der Waals surface area contributed by atoms with Gasteiger partial charge in [-0.3, -0.25) is 4.79 Å². The number of aromatic nitrogens is 2. The minimum absolute atomic E-state index is 0.0210. The quantitative estimate of drug-likeness (QED) is 0.341. The SMILES string of the molecule is COC(=O)c1c(NC(=O)c2ccccc2)c2cc(NC3CCCCCC3)cnc2n1CC1CCCO1. The molecule has 2 aromatic heterocycles. The molecule has 2 N–H and O–H groups in total. The third kappa shape index (κ3) is 5.23. The molecule has 3 heterocycles. The minimum atomic E-state index is -0.521. The van der Waals surface area contributed by atoms with E-state index in [1.165, 1.54) is 32.8 Å². The number of hydrogen-bond donors (Lipinski definition) is 2. The largest absolute Gasteiger partial charge is 0.464 e. The van der Waals surface area contributed by atoms with E-state index >= 15 is 0 Å². The van der Waals surface area contributed by atoms with E-state index in [-0.39, 0.29) is 17.7 Å². The number of fused-ring (bicyclic) bond motifs is 1. The molecule has 8 heteroatoms. The predicted octanol–water partition coefficient (Wildman–Crippen LogP) is 5.39. The van der Waals surface area contributed by atoms with Crippen LogP contribution in [0.25, 0.3) is 11.0 Å². The molecule has 1 aliphatic heterocycles. The number of nitrogens with zero attached hydrogens (tertiary/aromatic N) is 2. The number of amides is 1. The first kappa shape index (κ1) is 24.3. The smallest absolute Gasteiger partial charge is 0.356 e. The van der Waals surface area contributed by atoms with Crippen molar-refractivity contribution in [3.05, 3.63) is 53.9 Å². The van der Waals surface area contributed by atoms with Gasteiger partial charge in [0.15, 0.2) is 5.69 Å². The zero-order valence-electron chi connectivity index (χ0n) is 20.8. The van der Waals surface area contributed by atoms with Crippen molar-refractivity contribution in [3.8, 4) is 0 Å². The van der Waals surface area contributed by atoms with Crippen molar-refractivity contribution in [3.63, 3.8) is 0 Å². The summed E-state index contributed by atoms with van der Waals surface area (Å²) < 4.78 is 12.9. The number of carbonyl (C=O) groups is 2. The van der Waals surface area contributed by atoms with Crippen molar-refractivity contribution < 1.29 is 19.1 Å². The molecule has 1 aliphatic carbocycles. The molecule has 2 aliphatic rings. The second-order valence-electron chi connectivity index (χ2n) is 9.71. The number of benzene rings is 1. The fourth-order valence-electron chi connectivity index (χ4n) is 5.34. The molecule has 1 amide bonds. The van der Waals surface area contributed by atoms with Crippen LogP contribution >= 0.6 is 0 Å². The Morgan fingerprint density at radius 1 is 1.08 bits per heavy atom. The summed E-state index contributed by atoms with van der Waals surface area (Å²) in [6.07, 6.45) is 10.9. The summed E-state index contributed by atoms with van der Waals surface area (Å²) in [6.45, 7) is 1.17. The standard InChI is InChI=1S/C28H34N4O4/c1-35-28(34)25-24(31-27(33)19-10-5-4-6-11-19)23-16-21(30-20-12-7-2-3-8-13-20)17-29-26(23)32(25)18-22-14-9-15-36-22/h4-6,10-11,16-17,20,22,30H,2-3,7-9,12-15,18H2,1H3,(H,31,33). The van der Waals surface area contributed by atoms with E-state index < -0.39 is 5.97 Å². The molecule has 3 aromatic rings. The van der Waals surface area contributed by atoms with Crippen molar-refractivity contribution >= 4 is 34.3 Å². The molecule has 190 valence electrons. The van der Waals surface area contributed by atoms with Gasteiger partial charge in [-0.15, -0.1) is 0 Å². The van der Waals surface area contributed by atoms with Crippen LogP contribution in [0.3, 0.4) is 0 Å². The number of ether oxygens (including phenoxy) is 2. The van der Waals surface area contributed by atoms with Gasteiger partial charge in [-0.05, 0) is 43.9 Å². The first-order valence-corrected chi connectivity index (χ1v) is 13.0. The van der Waals surface area contributed by atoms with Gasteiger partial charge in [0.25, 0.3) is 5.91 Å². The third-order valence-corrected chi connectivity index (χ3v) is 7.19. The number of carbonyl (C=O) groups excluding carboxylic acids is 2. The van der Waals surface area contributed by atoms with Crippen molar-refractivity contribution in [1.29, 1.82) is 0 Å². The van der Waals surface area contributed by atoms with Gasteiger partial charge in [-0.2, -0.15) is 0 Å². The molecule has 8 nitrogen and oxygen atoms in total. The van der Waals surface area contributed by atoms with Gasteiger partial charge in [0, 0.05) is 23.6 Å². The molecule has 36 heavy (non-hydrogen) atoms. The van der Waals surface area contributed by atoms with Gasteiger partial charge in [0.05, 0.1) is 37.3 Å². The van der Waals surface area contributed by atoms with E-state index in [1.807, 2.05) is 35.0 Å². The maximum absolute atomic E-state index is 13.2. The van der Waals surface area contributed by atoms with Gasteiger partial charge in [-0.25, -0.2) is 9.78 Å². The lowest BCUT2D eigenvalue weighted by Crippen LogP contribution is -2.21. The van der Waals surface area contributed by atoms with E-state index in [9.17, 15) is 9.59 Å². The zero-order valence-corrected chi connectivity index (χ0v) is 20.8. The lowest BCUT2D eigenvalue weighted by Gasteiger charge is -2.17. The molecule has 0 bridgehead atoms. The average molecular weight is 491 g/mol. The highest BCUT2D eigenvalue weighted by Gasteiger charge is 2.29. The highest BCUT2D eigenvalue weighted by Crippen LogP contribution is 2.34. The lowest BCUT2D eigenvalue weighted by atomic mass is 10.1. The first-order chi connectivity index (χ1) is 17.6. The van der Waals surface area contributed by atoms with E-state index in [2.05, 4.69) is 10.6 Å². The Balaban J connectivity index is 1.58. The predicted molar refractivity (Wildman–Crippen MR) is 140 cm³/mol. The molecule has 1 unspecified atom stereocenters. The zero-order chi connectivity index (χ0) is 24.9. The number of pyridine rings is 1. The Hall–Kier alpha value is -3.39. The number of methoxy groups -OCH3 is 1. The van der Waals surface area contributed by atoms with Gasteiger partial charge in [-0.1, -0.05) is 43.9 Å². The van der Waals surface area contributed by atoms with Crippen molar-refractivity contribution in [2.75, 3.05) is 24.4 Å². The highest BCUT2D eigenvalue weighted by molar-refractivity contribution is 6.14. The van der Waals surface area contributed by atoms with Crippen LogP contribution in [0.1, 0.15) is 72.2 Å². The number of hydrogen-bond acceptors (Lipinski definition) is 6. The Bertz CT molecular complexity index is 1210. The van der Waals surface area contributed by atoms with E-state index in [1.54, 1.807) is 12.1 Å². The fraction of sp³-hybridized carbons (Fsp3) is 0.464. The molecular weight excluding hydrogens is 456 g/mol. The van der Waals surface area contributed by atoms with Gasteiger partial charge < -0.3 is 24.7 Å². The van der Waals surface area contributed by atoms with E-state index in [0.717, 1.165) is 31.4 Å². The maximum Gasteiger partial charge on any atom is 0.356 e. The van der Waals surface area contributed by atoms with Crippen molar-refractivity contribution in [1.82, 2.24) is 9.55 Å². The number of rotatable bonds is 7. The lowest BCUT2D eigenvalue weighted by molar-refractivity contribution is 0.0580. The van der Waals surface area contributed by atoms with Crippen LogP contribution in [0.2, 0.25) is 0 Å². The second-order valence-corrected chi connectivity index (χ2v) is 9.71. The van der Waals surface area contributed by atoms with Crippen LogP contribution in [-0.4, -0.2) is 47.3 Å². The van der Waals surface area contributed by atoms with Crippen LogP contribution in [0.4, 0.5) is 11.4 Å². The van der Waals surface area contributed by atoms with Crippen LogP contribution in [0.5, 0.6) is 0 Å². The third-order valence-electron chi connectivity index (χ3n) is 7.19. The van der Waals surface area contributed by atoms with Crippen LogP contribution < -0.4 is 10.6 Å². The average Bonchev–Trinajstić information content (AvgIpc) is 3.43. The maximum atomic E-state index is 13.2. The minimum Gasteiger partial charge on any atom is -0.464 e. The van der Waals surface area contributed by atoms with Crippen molar-refractivity contribution in [2.45, 2.75) is 70.1 Å². The second kappa shape index (κ2) is 11.1. The summed E-state index contributed by atoms with van der Waals surface area (Å²) >= 11 is 0. The molecule has 0 spiro atoms. The number of nitrogens with one attached hydrogen (secondary N) is 2. The Morgan fingerprint density at radius 2 is 1.86 bits per heavy atom. The molecular formula is C28H34N4O4. The van der Waals surface area contributed by atoms with Gasteiger partial charge in [0.1, 0.15) is 5.65 Å². The summed E-state index contributed by atoms with van der Waals surface area (Å²) in [5.74, 6) is -0.813. The summed E-state index contributed by atoms with van der Waals surface area (Å²) in [5, 5.41) is 7.35. The monoisotopic (exact) mass is 490 g/mol. The molecule has 2 fully saturated rings. The van der Waals surface area contributed by atoms with Gasteiger partial charge in [0.2, 0.25) is 0 Å². The molecule has 1 atom stereocenters. The molecule has 1 saturated carbocycles. The normalized spacial score (nSPS) is 18.6.